The number of aryl methyl sites for hydroxylation is 1. The number of β-amino-alcohol motifs (C(OH)–C–C–N with tert-alkyl or cyclic N) is 1. The zero-order chi connectivity index (χ0) is 11.7. The number of ether oxygens (including phenoxy) is 1. The molecule has 1 aliphatic heterocycles. The first kappa shape index (κ1) is 10.9. The third-order valence-electron chi connectivity index (χ3n) is 2.57. The van der Waals surface area contributed by atoms with Crippen molar-refractivity contribution in [3.05, 3.63) is 23.4 Å². The number of rotatable bonds is 2. The molecule has 0 atom stereocenters. The van der Waals surface area contributed by atoms with Gasteiger partial charge in [0.1, 0.15) is 11.4 Å². The number of nitrogens with zero attached hydrogens (tertiary/aromatic N) is 2. The molecule has 5 heteroatoms. The molecule has 86 valence electrons. The largest absolute Gasteiger partial charge is 0.465 e. The number of pyridine rings is 1. The number of aliphatic hydroxyl groups excluding tert-OH is 1. The highest BCUT2D eigenvalue weighted by atomic mass is 16.5. The fourth-order valence-corrected chi connectivity index (χ4v) is 1.70. The van der Waals surface area contributed by atoms with Gasteiger partial charge >= 0.3 is 5.97 Å². The smallest absolute Gasteiger partial charge is 0.341 e. The van der Waals surface area contributed by atoms with Crippen molar-refractivity contribution in [3.63, 3.8) is 0 Å². The highest BCUT2D eigenvalue weighted by Gasteiger charge is 2.29. The van der Waals surface area contributed by atoms with E-state index in [0.717, 1.165) is 5.56 Å². The van der Waals surface area contributed by atoms with Crippen LogP contribution in [0.5, 0.6) is 0 Å². The highest BCUT2D eigenvalue weighted by Crippen LogP contribution is 2.24. The maximum absolute atomic E-state index is 11.6. The lowest BCUT2D eigenvalue weighted by molar-refractivity contribution is 0.0599. The number of carbonyl (C=O) groups excluding carboxylic acids is 1. The number of anilines is 1. The third kappa shape index (κ3) is 1.86. The lowest BCUT2D eigenvalue weighted by Gasteiger charge is -2.37. The number of hydrogen-bond acceptors (Lipinski definition) is 5. The van der Waals surface area contributed by atoms with Gasteiger partial charge in [-0.15, -0.1) is 0 Å². The van der Waals surface area contributed by atoms with Gasteiger partial charge in [0.05, 0.1) is 13.2 Å². The molecular formula is C11H14N2O3. The van der Waals surface area contributed by atoms with Crippen LogP contribution in [-0.2, 0) is 4.74 Å². The predicted molar refractivity (Wildman–Crippen MR) is 58.5 cm³/mol. The number of esters is 1. The average Bonchev–Trinajstić information content (AvgIpc) is 2.24. The lowest BCUT2D eigenvalue weighted by atomic mass is 10.1. The number of methoxy groups -OCH3 is 1. The Kier molecular flexibility index (Phi) is 2.78. The summed E-state index contributed by atoms with van der Waals surface area (Å²) in [6.45, 7) is 2.90. The molecule has 0 unspecified atom stereocenters. The van der Waals surface area contributed by atoms with Crippen LogP contribution in [0.4, 0.5) is 5.82 Å². The second-order valence-corrected chi connectivity index (χ2v) is 3.93. The summed E-state index contributed by atoms with van der Waals surface area (Å²) >= 11 is 0. The van der Waals surface area contributed by atoms with Crippen LogP contribution in [0.15, 0.2) is 12.3 Å². The van der Waals surface area contributed by atoms with E-state index < -0.39 is 5.97 Å². The first-order valence-electron chi connectivity index (χ1n) is 5.10. The zero-order valence-electron chi connectivity index (χ0n) is 9.30. The molecule has 0 amide bonds. The van der Waals surface area contributed by atoms with E-state index in [0.29, 0.717) is 24.5 Å². The standard InChI is InChI=1S/C11H14N2O3/c1-7-3-9(11(15)16-2)10(12-4-7)13-5-8(14)6-13/h3-4,8,14H,5-6H2,1-2H3. The molecule has 1 aromatic heterocycles. The Morgan fingerprint density at radius 1 is 1.62 bits per heavy atom. The molecule has 0 spiro atoms. The van der Waals surface area contributed by atoms with E-state index >= 15 is 0 Å². The van der Waals surface area contributed by atoms with E-state index in [1.807, 2.05) is 11.8 Å². The molecule has 1 saturated heterocycles. The van der Waals surface area contributed by atoms with Crippen molar-refractivity contribution in [1.29, 1.82) is 0 Å². The van der Waals surface area contributed by atoms with Crippen LogP contribution in [0.1, 0.15) is 15.9 Å². The summed E-state index contributed by atoms with van der Waals surface area (Å²) in [5, 5.41) is 9.24. The summed E-state index contributed by atoms with van der Waals surface area (Å²) < 4.78 is 4.71. The van der Waals surface area contributed by atoms with Crippen LogP contribution in [0.25, 0.3) is 0 Å². The summed E-state index contributed by atoms with van der Waals surface area (Å²) in [6, 6.07) is 1.75. The van der Waals surface area contributed by atoms with Crippen LogP contribution in [-0.4, -0.2) is 42.4 Å². The Morgan fingerprint density at radius 2 is 2.31 bits per heavy atom. The van der Waals surface area contributed by atoms with E-state index in [-0.39, 0.29) is 6.10 Å². The number of hydrogen-bond donors (Lipinski definition) is 1. The molecule has 0 aliphatic carbocycles. The minimum Gasteiger partial charge on any atom is -0.465 e. The summed E-state index contributed by atoms with van der Waals surface area (Å²) in [7, 11) is 1.35. The predicted octanol–water partition coefficient (Wildman–Crippen LogP) is 0.358. The van der Waals surface area contributed by atoms with E-state index in [4.69, 9.17) is 4.74 Å². The monoisotopic (exact) mass is 222 g/mol. The second kappa shape index (κ2) is 4.09. The van der Waals surface area contributed by atoms with Crippen LogP contribution in [0.3, 0.4) is 0 Å². The average molecular weight is 222 g/mol. The van der Waals surface area contributed by atoms with Gasteiger partial charge in [-0.05, 0) is 18.6 Å². The summed E-state index contributed by atoms with van der Waals surface area (Å²) in [5.41, 5.74) is 1.36. The molecule has 2 rings (SSSR count). The van der Waals surface area contributed by atoms with Gasteiger partial charge in [-0.25, -0.2) is 9.78 Å². The normalized spacial score (nSPS) is 15.8. The van der Waals surface area contributed by atoms with E-state index in [1.54, 1.807) is 12.3 Å². The fourth-order valence-electron chi connectivity index (χ4n) is 1.70. The molecule has 1 aliphatic rings. The minimum absolute atomic E-state index is 0.325. The van der Waals surface area contributed by atoms with Crippen molar-refractivity contribution < 1.29 is 14.6 Å². The zero-order valence-corrected chi connectivity index (χ0v) is 9.30. The summed E-state index contributed by atoms with van der Waals surface area (Å²) in [6.07, 6.45) is 1.38. The number of aromatic nitrogens is 1. The van der Waals surface area contributed by atoms with E-state index in [2.05, 4.69) is 4.98 Å². The SMILES string of the molecule is COC(=O)c1cc(C)cnc1N1CC(O)C1. The summed E-state index contributed by atoms with van der Waals surface area (Å²) in [4.78, 5) is 17.6. The van der Waals surface area contributed by atoms with Gasteiger partial charge in [-0.1, -0.05) is 0 Å². The molecule has 1 fully saturated rings. The van der Waals surface area contributed by atoms with Crippen molar-refractivity contribution in [2.45, 2.75) is 13.0 Å². The van der Waals surface area contributed by atoms with Crippen molar-refractivity contribution in [1.82, 2.24) is 4.98 Å². The van der Waals surface area contributed by atoms with Crippen LogP contribution >= 0.6 is 0 Å². The Hall–Kier alpha value is -1.62. The quantitative estimate of drug-likeness (QED) is 0.732. The van der Waals surface area contributed by atoms with Gasteiger partial charge in [-0.3, -0.25) is 0 Å². The van der Waals surface area contributed by atoms with Crippen molar-refractivity contribution in [2.24, 2.45) is 0 Å². The van der Waals surface area contributed by atoms with Gasteiger partial charge in [0.25, 0.3) is 0 Å². The maximum atomic E-state index is 11.6. The second-order valence-electron chi connectivity index (χ2n) is 3.93. The molecular weight excluding hydrogens is 208 g/mol. The maximum Gasteiger partial charge on any atom is 0.341 e. The Bertz CT molecular complexity index is 414. The highest BCUT2D eigenvalue weighted by molar-refractivity contribution is 5.95. The van der Waals surface area contributed by atoms with E-state index in [9.17, 15) is 9.90 Å². The van der Waals surface area contributed by atoms with Gasteiger partial charge in [0.2, 0.25) is 0 Å². The Morgan fingerprint density at radius 3 is 2.88 bits per heavy atom. The fraction of sp³-hybridized carbons (Fsp3) is 0.455. The molecule has 16 heavy (non-hydrogen) atoms. The van der Waals surface area contributed by atoms with Crippen molar-refractivity contribution >= 4 is 11.8 Å². The van der Waals surface area contributed by atoms with E-state index in [1.165, 1.54) is 7.11 Å². The number of carbonyl (C=O) groups is 1. The van der Waals surface area contributed by atoms with Gasteiger partial charge in [-0.2, -0.15) is 0 Å². The molecule has 1 aromatic rings. The molecule has 5 nitrogen and oxygen atoms in total. The van der Waals surface area contributed by atoms with Crippen LogP contribution in [0.2, 0.25) is 0 Å². The Balaban J connectivity index is 2.33. The molecule has 0 aromatic carbocycles. The minimum atomic E-state index is -0.396. The Labute approximate surface area is 93.7 Å². The molecule has 1 N–H and O–H groups in total. The first-order chi connectivity index (χ1) is 7.61. The van der Waals surface area contributed by atoms with Crippen LogP contribution < -0.4 is 4.90 Å². The van der Waals surface area contributed by atoms with Gasteiger partial charge < -0.3 is 14.7 Å². The van der Waals surface area contributed by atoms with Gasteiger partial charge in [0.15, 0.2) is 0 Å². The molecule has 0 saturated carbocycles. The van der Waals surface area contributed by atoms with Crippen LogP contribution in [0, 0.1) is 6.92 Å². The molecule has 0 bridgehead atoms. The van der Waals surface area contributed by atoms with Gasteiger partial charge in [0, 0.05) is 19.3 Å². The first-order valence-corrected chi connectivity index (χ1v) is 5.10. The van der Waals surface area contributed by atoms with Crippen molar-refractivity contribution in [3.8, 4) is 0 Å². The number of aliphatic hydroxyl groups is 1. The third-order valence-corrected chi connectivity index (χ3v) is 2.57. The lowest BCUT2D eigenvalue weighted by Crippen LogP contribution is -2.51. The topological polar surface area (TPSA) is 62.7 Å². The van der Waals surface area contributed by atoms with Crippen molar-refractivity contribution in [2.75, 3.05) is 25.1 Å². The summed E-state index contributed by atoms with van der Waals surface area (Å²) in [5.74, 6) is 0.190. The molecule has 2 heterocycles. The molecule has 0 radical (unpaired) electrons.